The van der Waals surface area contributed by atoms with Gasteiger partial charge < -0.3 is 15.2 Å². The van der Waals surface area contributed by atoms with Gasteiger partial charge in [0.15, 0.2) is 0 Å². The van der Waals surface area contributed by atoms with Gasteiger partial charge in [0.25, 0.3) is 0 Å². The fraction of sp³-hybridized carbons (Fsp3) is 0.250. The lowest BCUT2D eigenvalue weighted by Gasteiger charge is -2.13. The Labute approximate surface area is 141 Å². The predicted octanol–water partition coefficient (Wildman–Crippen LogP) is 4.23. The summed E-state index contributed by atoms with van der Waals surface area (Å²) in [5.74, 6) is 0. The third-order valence-electron chi connectivity index (χ3n) is 4.42. The second kappa shape index (κ2) is 6.13. The molecule has 0 fully saturated rings. The largest absolute Gasteiger partial charge is 0.383 e. The molecule has 24 heavy (non-hydrogen) atoms. The summed E-state index contributed by atoms with van der Waals surface area (Å²) in [7, 11) is 4.22. The molecule has 4 rings (SSSR count). The molecule has 0 saturated carbocycles. The second-order valence-corrected chi connectivity index (χ2v) is 6.48. The number of benzene rings is 2. The third-order valence-corrected chi connectivity index (χ3v) is 4.42. The first kappa shape index (κ1) is 15.0. The number of aromatic nitrogens is 2. The molecule has 0 bridgehead atoms. The molecule has 0 spiro atoms. The molecule has 4 aromatic rings. The Morgan fingerprint density at radius 1 is 1.00 bits per heavy atom. The molecule has 0 saturated heterocycles. The minimum absolute atomic E-state index is 0.941. The number of para-hydroxylation sites is 2. The summed E-state index contributed by atoms with van der Waals surface area (Å²) >= 11 is 0. The summed E-state index contributed by atoms with van der Waals surface area (Å²) in [5.41, 5.74) is 5.46. The van der Waals surface area contributed by atoms with Gasteiger partial charge in [-0.25, -0.2) is 4.98 Å². The summed E-state index contributed by atoms with van der Waals surface area (Å²) in [5, 5.41) is 5.99. The van der Waals surface area contributed by atoms with Crippen LogP contribution in [0.15, 0.2) is 48.5 Å². The molecule has 0 atom stereocenters. The fourth-order valence-electron chi connectivity index (χ4n) is 3.25. The van der Waals surface area contributed by atoms with E-state index in [9.17, 15) is 0 Å². The highest BCUT2D eigenvalue weighted by Crippen LogP contribution is 2.34. The molecule has 4 heteroatoms. The van der Waals surface area contributed by atoms with E-state index in [-0.39, 0.29) is 0 Å². The van der Waals surface area contributed by atoms with Crippen molar-refractivity contribution in [1.82, 2.24) is 14.9 Å². The van der Waals surface area contributed by atoms with E-state index < -0.39 is 0 Å². The zero-order valence-corrected chi connectivity index (χ0v) is 14.1. The Kier molecular flexibility index (Phi) is 3.82. The van der Waals surface area contributed by atoms with Crippen LogP contribution < -0.4 is 5.32 Å². The Morgan fingerprint density at radius 3 is 2.58 bits per heavy atom. The first-order valence-corrected chi connectivity index (χ1v) is 8.42. The average molecular weight is 318 g/mol. The molecule has 2 N–H and O–H groups in total. The van der Waals surface area contributed by atoms with Crippen LogP contribution in [-0.4, -0.2) is 42.1 Å². The zero-order valence-electron chi connectivity index (χ0n) is 14.1. The summed E-state index contributed by atoms with van der Waals surface area (Å²) < 4.78 is 0. The van der Waals surface area contributed by atoms with Crippen molar-refractivity contribution in [3.8, 4) is 0 Å². The van der Waals surface area contributed by atoms with Crippen LogP contribution >= 0.6 is 0 Å². The molecule has 0 amide bonds. The van der Waals surface area contributed by atoms with Crippen molar-refractivity contribution in [3.05, 3.63) is 48.5 Å². The number of H-pyrrole nitrogens is 1. The first-order chi connectivity index (χ1) is 11.7. The number of nitrogens with zero attached hydrogens (tertiary/aromatic N) is 2. The van der Waals surface area contributed by atoms with Gasteiger partial charge in [-0.1, -0.05) is 36.4 Å². The topological polar surface area (TPSA) is 44.0 Å². The molecule has 122 valence electrons. The van der Waals surface area contributed by atoms with Crippen molar-refractivity contribution in [3.63, 3.8) is 0 Å². The van der Waals surface area contributed by atoms with Crippen molar-refractivity contribution < 1.29 is 0 Å². The quantitative estimate of drug-likeness (QED) is 0.541. The van der Waals surface area contributed by atoms with Gasteiger partial charge in [-0.3, -0.25) is 0 Å². The Morgan fingerprint density at radius 2 is 1.75 bits per heavy atom. The van der Waals surface area contributed by atoms with Gasteiger partial charge >= 0.3 is 0 Å². The van der Waals surface area contributed by atoms with E-state index in [1.807, 2.05) is 6.07 Å². The second-order valence-electron chi connectivity index (χ2n) is 6.48. The summed E-state index contributed by atoms with van der Waals surface area (Å²) in [6, 6.07) is 16.7. The van der Waals surface area contributed by atoms with Crippen molar-refractivity contribution in [2.45, 2.75) is 6.42 Å². The third kappa shape index (κ3) is 2.59. The number of hydrogen-bond donors (Lipinski definition) is 2. The number of anilines is 1. The van der Waals surface area contributed by atoms with Crippen LogP contribution in [0.3, 0.4) is 0 Å². The van der Waals surface area contributed by atoms with Gasteiger partial charge in [0, 0.05) is 22.8 Å². The Hall–Kier alpha value is -2.59. The minimum Gasteiger partial charge on any atom is -0.383 e. The number of hydrogen-bond acceptors (Lipinski definition) is 3. The van der Waals surface area contributed by atoms with E-state index >= 15 is 0 Å². The average Bonchev–Trinajstić information content (AvgIpc) is 2.96. The number of nitrogens with one attached hydrogen (secondary N) is 2. The van der Waals surface area contributed by atoms with Crippen LogP contribution in [0.4, 0.5) is 5.69 Å². The van der Waals surface area contributed by atoms with Crippen molar-refractivity contribution in [1.29, 1.82) is 0 Å². The van der Waals surface area contributed by atoms with Crippen LogP contribution in [0.2, 0.25) is 0 Å². The van der Waals surface area contributed by atoms with E-state index in [1.54, 1.807) is 0 Å². The smallest absolute Gasteiger partial charge is 0.0986 e. The van der Waals surface area contributed by atoms with Crippen LogP contribution in [0.25, 0.3) is 32.8 Å². The molecular formula is C20H22N4. The van der Waals surface area contributed by atoms with Crippen LogP contribution in [0, 0.1) is 0 Å². The standard InChI is InChI=1S/C20H22N4/c1-24(2)13-7-12-21-18-14-8-3-5-10-16(14)22-19-15-9-4-6-11-17(15)23-20(18)19/h3-6,8-11,23H,7,12-13H2,1-2H3,(H,21,22). The maximum Gasteiger partial charge on any atom is 0.0986 e. The fourth-order valence-corrected chi connectivity index (χ4v) is 3.25. The molecule has 4 nitrogen and oxygen atoms in total. The molecule has 2 aromatic carbocycles. The van der Waals surface area contributed by atoms with E-state index in [0.717, 1.165) is 47.3 Å². The maximum atomic E-state index is 4.90. The van der Waals surface area contributed by atoms with E-state index in [0.29, 0.717) is 0 Å². The van der Waals surface area contributed by atoms with Gasteiger partial charge in [0.2, 0.25) is 0 Å². The number of rotatable bonds is 5. The Bertz CT molecular complexity index is 1000. The lowest BCUT2D eigenvalue weighted by Crippen LogP contribution is -2.16. The molecule has 0 aliphatic carbocycles. The summed E-state index contributed by atoms with van der Waals surface area (Å²) in [6.07, 6.45) is 1.10. The van der Waals surface area contributed by atoms with Crippen LogP contribution in [-0.2, 0) is 0 Å². The number of pyridine rings is 1. The highest BCUT2D eigenvalue weighted by molar-refractivity contribution is 6.15. The molecule has 0 radical (unpaired) electrons. The van der Waals surface area contributed by atoms with Gasteiger partial charge in [-0.2, -0.15) is 0 Å². The van der Waals surface area contributed by atoms with Crippen LogP contribution in [0.1, 0.15) is 6.42 Å². The monoisotopic (exact) mass is 318 g/mol. The van der Waals surface area contributed by atoms with Gasteiger partial charge in [-0.15, -0.1) is 0 Å². The van der Waals surface area contributed by atoms with Crippen molar-refractivity contribution >= 4 is 38.5 Å². The van der Waals surface area contributed by atoms with E-state index in [2.05, 4.69) is 71.8 Å². The molecule has 2 heterocycles. The van der Waals surface area contributed by atoms with E-state index in [4.69, 9.17) is 4.98 Å². The summed E-state index contributed by atoms with van der Waals surface area (Å²) in [4.78, 5) is 10.7. The SMILES string of the molecule is CN(C)CCCNc1c2ccccc2nc2c1[nH]c1ccccc12. The zero-order chi connectivity index (χ0) is 16.5. The highest BCUT2D eigenvalue weighted by atomic mass is 15.1. The molecule has 0 aliphatic rings. The normalized spacial score (nSPS) is 11.8. The lowest BCUT2D eigenvalue weighted by atomic mass is 10.1. The molecule has 0 unspecified atom stereocenters. The summed E-state index contributed by atoms with van der Waals surface area (Å²) in [6.45, 7) is 2.02. The number of fused-ring (bicyclic) bond motifs is 4. The first-order valence-electron chi connectivity index (χ1n) is 8.42. The highest BCUT2D eigenvalue weighted by Gasteiger charge is 2.13. The molecule has 0 aliphatic heterocycles. The van der Waals surface area contributed by atoms with Crippen LogP contribution in [0.5, 0.6) is 0 Å². The van der Waals surface area contributed by atoms with Crippen molar-refractivity contribution in [2.75, 3.05) is 32.5 Å². The van der Waals surface area contributed by atoms with Gasteiger partial charge in [0.05, 0.1) is 22.2 Å². The lowest BCUT2D eigenvalue weighted by molar-refractivity contribution is 0.405. The predicted molar refractivity (Wildman–Crippen MR) is 103 cm³/mol. The van der Waals surface area contributed by atoms with Gasteiger partial charge in [0.1, 0.15) is 0 Å². The van der Waals surface area contributed by atoms with Gasteiger partial charge in [-0.05, 0) is 39.2 Å². The molecular weight excluding hydrogens is 296 g/mol. The molecule has 2 aromatic heterocycles. The number of aromatic amines is 1. The van der Waals surface area contributed by atoms with E-state index in [1.165, 1.54) is 10.8 Å². The minimum atomic E-state index is 0.941. The van der Waals surface area contributed by atoms with Crippen molar-refractivity contribution in [2.24, 2.45) is 0 Å². The Balaban J connectivity index is 1.86. The maximum absolute atomic E-state index is 4.90.